The highest BCUT2D eigenvalue weighted by molar-refractivity contribution is 7.80. The number of nitrogens with one attached hydrogen (secondary N) is 2. The molecule has 1 aromatic carbocycles. The van der Waals surface area contributed by atoms with Crippen molar-refractivity contribution in [3.63, 3.8) is 0 Å². The predicted octanol–water partition coefficient (Wildman–Crippen LogP) is 3.64. The highest BCUT2D eigenvalue weighted by Crippen LogP contribution is 2.33. The second-order valence-corrected chi connectivity index (χ2v) is 7.91. The third-order valence-electron chi connectivity index (χ3n) is 5.46. The van der Waals surface area contributed by atoms with Crippen molar-refractivity contribution in [1.29, 1.82) is 0 Å². The molecule has 0 saturated carbocycles. The summed E-state index contributed by atoms with van der Waals surface area (Å²) in [5.41, 5.74) is 5.90. The topological polar surface area (TPSA) is 75.6 Å². The van der Waals surface area contributed by atoms with Gasteiger partial charge < -0.3 is 5.32 Å². The average Bonchev–Trinajstić information content (AvgIpc) is 3.35. The maximum absolute atomic E-state index is 12.6. The van der Waals surface area contributed by atoms with Gasteiger partial charge in [0, 0.05) is 23.4 Å². The van der Waals surface area contributed by atoms with Crippen LogP contribution in [0.15, 0.2) is 36.5 Å². The zero-order valence-electron chi connectivity index (χ0n) is 16.5. The summed E-state index contributed by atoms with van der Waals surface area (Å²) in [6, 6.07) is 10.3. The highest BCUT2D eigenvalue weighted by Gasteiger charge is 2.27. The minimum atomic E-state index is -0.0620. The maximum Gasteiger partial charge on any atom is 0.269 e. The molecule has 1 amide bonds. The van der Waals surface area contributed by atoms with E-state index >= 15 is 0 Å². The van der Waals surface area contributed by atoms with E-state index in [0.29, 0.717) is 12.2 Å². The Hall–Kier alpha value is -2.54. The first-order valence-corrected chi connectivity index (χ1v) is 11.0. The van der Waals surface area contributed by atoms with Crippen LogP contribution in [0.2, 0.25) is 0 Å². The van der Waals surface area contributed by atoms with Crippen molar-refractivity contribution in [3.05, 3.63) is 59.0 Å². The molecule has 152 valence electrons. The Morgan fingerprint density at radius 2 is 1.97 bits per heavy atom. The normalized spacial score (nSPS) is 12.4. The van der Waals surface area contributed by atoms with Crippen molar-refractivity contribution < 1.29 is 4.79 Å². The van der Waals surface area contributed by atoms with Crippen molar-refractivity contribution in [1.82, 2.24) is 25.3 Å². The van der Waals surface area contributed by atoms with E-state index in [1.54, 1.807) is 0 Å². The van der Waals surface area contributed by atoms with Gasteiger partial charge in [-0.1, -0.05) is 43.2 Å². The van der Waals surface area contributed by atoms with E-state index in [1.165, 1.54) is 11.3 Å². The van der Waals surface area contributed by atoms with Crippen molar-refractivity contribution in [2.45, 2.75) is 45.1 Å². The molecule has 0 aliphatic heterocycles. The van der Waals surface area contributed by atoms with Gasteiger partial charge in [-0.15, -0.1) is 0 Å². The van der Waals surface area contributed by atoms with Crippen LogP contribution in [-0.4, -0.2) is 38.2 Å². The lowest BCUT2D eigenvalue weighted by atomic mass is 9.93. The van der Waals surface area contributed by atoms with Crippen molar-refractivity contribution in [2.24, 2.45) is 0 Å². The number of nitrogens with zero attached hydrogens (tertiary/aromatic N) is 3. The molecular formula is C22H27N5OS. The number of unbranched alkanes of at least 4 members (excludes halogenated alkanes) is 3. The molecule has 6 nitrogen and oxygen atoms in total. The van der Waals surface area contributed by atoms with Gasteiger partial charge in [0.05, 0.1) is 18.4 Å². The molecule has 29 heavy (non-hydrogen) atoms. The number of benzene rings is 1. The molecule has 1 aliphatic carbocycles. The van der Waals surface area contributed by atoms with Gasteiger partial charge >= 0.3 is 0 Å². The molecule has 2 heterocycles. The number of carbonyl (C=O) groups excluding carboxylic acids is 1. The maximum atomic E-state index is 12.6. The zero-order valence-corrected chi connectivity index (χ0v) is 17.4. The van der Waals surface area contributed by atoms with Crippen LogP contribution in [0, 0.1) is 0 Å². The lowest BCUT2D eigenvalue weighted by Crippen LogP contribution is -2.26. The van der Waals surface area contributed by atoms with Crippen LogP contribution in [-0.2, 0) is 19.4 Å². The molecular weight excluding hydrogens is 382 g/mol. The molecule has 0 unspecified atom stereocenters. The smallest absolute Gasteiger partial charge is 0.269 e. The van der Waals surface area contributed by atoms with Crippen molar-refractivity contribution in [3.8, 4) is 11.3 Å². The molecule has 4 rings (SSSR count). The first-order valence-electron chi connectivity index (χ1n) is 10.3. The summed E-state index contributed by atoms with van der Waals surface area (Å²) in [7, 11) is 0. The quantitative estimate of drug-likeness (QED) is 0.373. The lowest BCUT2D eigenvalue weighted by molar-refractivity contribution is 0.0947. The van der Waals surface area contributed by atoms with Gasteiger partial charge in [0.1, 0.15) is 5.69 Å². The number of rotatable bonds is 9. The molecule has 2 N–H and O–H groups in total. The predicted molar refractivity (Wildman–Crippen MR) is 117 cm³/mol. The summed E-state index contributed by atoms with van der Waals surface area (Å²) in [6.45, 7) is 1.44. The molecule has 0 saturated heterocycles. The number of H-pyrrole nitrogens is 1. The Bertz CT molecular complexity index is 963. The SMILES string of the molecule is O=C(NCCCCCCS)c1[nH]nc2c1CCc1c-2cnn1Cc1ccccc1. The van der Waals surface area contributed by atoms with E-state index in [2.05, 4.69) is 45.4 Å². The Labute approximate surface area is 176 Å². The van der Waals surface area contributed by atoms with Gasteiger partial charge in [0.25, 0.3) is 5.91 Å². The van der Waals surface area contributed by atoms with Crippen LogP contribution in [0.25, 0.3) is 11.3 Å². The van der Waals surface area contributed by atoms with Gasteiger partial charge in [0.15, 0.2) is 0 Å². The standard InChI is InChI=1S/C22H27N5OS/c28-22(23-12-6-1-2-7-13-29)21-17-10-11-19-18(20(17)25-26-21)14-24-27(19)15-16-8-4-3-5-9-16/h3-5,8-9,14,29H,1-2,6-7,10-13,15H2,(H,23,28)(H,25,26). The summed E-state index contributed by atoms with van der Waals surface area (Å²) in [5.74, 6) is 0.865. The Morgan fingerprint density at radius 1 is 1.14 bits per heavy atom. The first-order chi connectivity index (χ1) is 14.3. The molecule has 3 aromatic rings. The number of aromatic nitrogens is 4. The van der Waals surface area contributed by atoms with E-state index in [-0.39, 0.29) is 5.91 Å². The summed E-state index contributed by atoms with van der Waals surface area (Å²) < 4.78 is 2.05. The van der Waals surface area contributed by atoms with Crippen LogP contribution in [0.5, 0.6) is 0 Å². The van der Waals surface area contributed by atoms with Gasteiger partial charge in [-0.25, -0.2) is 0 Å². The van der Waals surface area contributed by atoms with Crippen LogP contribution in [0.3, 0.4) is 0 Å². The highest BCUT2D eigenvalue weighted by atomic mass is 32.1. The van der Waals surface area contributed by atoms with E-state index in [0.717, 1.165) is 67.6 Å². The number of aromatic amines is 1. The van der Waals surface area contributed by atoms with Crippen molar-refractivity contribution >= 4 is 18.5 Å². The molecule has 1 aliphatic rings. The number of fused-ring (bicyclic) bond motifs is 3. The molecule has 0 atom stereocenters. The molecule has 0 radical (unpaired) electrons. The fourth-order valence-corrected chi connectivity index (χ4v) is 4.13. The number of thiol groups is 1. The number of carbonyl (C=O) groups is 1. The summed E-state index contributed by atoms with van der Waals surface area (Å²) in [4.78, 5) is 12.6. The van der Waals surface area contributed by atoms with Crippen LogP contribution in [0.4, 0.5) is 0 Å². The molecule has 2 aromatic heterocycles. The van der Waals surface area contributed by atoms with Crippen LogP contribution < -0.4 is 5.32 Å². The molecule has 0 spiro atoms. The fraction of sp³-hybridized carbons (Fsp3) is 0.409. The van der Waals surface area contributed by atoms with E-state index in [1.807, 2.05) is 29.1 Å². The van der Waals surface area contributed by atoms with Gasteiger partial charge in [0.2, 0.25) is 0 Å². The summed E-state index contributed by atoms with van der Waals surface area (Å²) >= 11 is 4.22. The monoisotopic (exact) mass is 409 g/mol. The van der Waals surface area contributed by atoms with E-state index < -0.39 is 0 Å². The Morgan fingerprint density at radius 3 is 2.79 bits per heavy atom. The number of hydrogen-bond donors (Lipinski definition) is 3. The van der Waals surface area contributed by atoms with Gasteiger partial charge in [-0.3, -0.25) is 14.6 Å². The number of amides is 1. The minimum absolute atomic E-state index is 0.0620. The first kappa shape index (κ1) is 19.8. The lowest BCUT2D eigenvalue weighted by Gasteiger charge is -2.15. The summed E-state index contributed by atoms with van der Waals surface area (Å²) in [6.07, 6.45) is 7.93. The largest absolute Gasteiger partial charge is 0.351 e. The second-order valence-electron chi connectivity index (χ2n) is 7.47. The van der Waals surface area contributed by atoms with Gasteiger partial charge in [-0.2, -0.15) is 22.8 Å². The van der Waals surface area contributed by atoms with Crippen LogP contribution in [0.1, 0.15) is 53.0 Å². The Kier molecular flexibility index (Phi) is 6.34. The molecule has 0 fully saturated rings. The zero-order chi connectivity index (χ0) is 20.1. The fourth-order valence-electron chi connectivity index (χ4n) is 3.91. The summed E-state index contributed by atoms with van der Waals surface area (Å²) in [5, 5.41) is 15.0. The minimum Gasteiger partial charge on any atom is -0.351 e. The Balaban J connectivity index is 1.43. The van der Waals surface area contributed by atoms with Crippen molar-refractivity contribution in [2.75, 3.05) is 12.3 Å². The number of hydrogen-bond acceptors (Lipinski definition) is 4. The third-order valence-corrected chi connectivity index (χ3v) is 5.77. The van der Waals surface area contributed by atoms with E-state index in [9.17, 15) is 4.79 Å². The molecule has 0 bridgehead atoms. The molecule has 7 heteroatoms. The van der Waals surface area contributed by atoms with Crippen LogP contribution >= 0.6 is 12.6 Å². The second kappa shape index (κ2) is 9.31. The van der Waals surface area contributed by atoms with Gasteiger partial charge in [-0.05, 0) is 37.0 Å². The average molecular weight is 410 g/mol. The third kappa shape index (κ3) is 4.40. The van der Waals surface area contributed by atoms with E-state index in [4.69, 9.17) is 0 Å².